The fourth-order valence-corrected chi connectivity index (χ4v) is 2.25. The lowest BCUT2D eigenvalue weighted by Gasteiger charge is -2.05. The molecular formula is C11H18N2O2S. The Balaban J connectivity index is 2.38. The van der Waals surface area contributed by atoms with E-state index in [2.05, 4.69) is 19.3 Å². The van der Waals surface area contributed by atoms with Gasteiger partial charge in [0.25, 0.3) is 5.91 Å². The molecule has 0 aliphatic rings. The maximum atomic E-state index is 11.2. The molecule has 1 unspecified atom stereocenters. The minimum absolute atomic E-state index is 0.318. The van der Waals surface area contributed by atoms with Gasteiger partial charge in [-0.05, 0) is 17.7 Å². The summed E-state index contributed by atoms with van der Waals surface area (Å²) >= 11 is 1.81. The van der Waals surface area contributed by atoms with Crippen LogP contribution in [0.15, 0.2) is 16.7 Å². The van der Waals surface area contributed by atoms with Gasteiger partial charge in [-0.1, -0.05) is 20.3 Å². The quantitative estimate of drug-likeness (QED) is 0.456. The van der Waals surface area contributed by atoms with E-state index in [1.807, 2.05) is 11.8 Å². The third-order valence-electron chi connectivity index (χ3n) is 2.39. The van der Waals surface area contributed by atoms with E-state index >= 15 is 0 Å². The van der Waals surface area contributed by atoms with Crippen molar-refractivity contribution in [2.24, 2.45) is 11.8 Å². The zero-order valence-corrected chi connectivity index (χ0v) is 10.5. The van der Waals surface area contributed by atoms with Gasteiger partial charge in [0.05, 0.1) is 11.3 Å². The summed E-state index contributed by atoms with van der Waals surface area (Å²) in [4.78, 5) is 11.2. The second kappa shape index (κ2) is 6.60. The molecule has 3 N–H and O–H groups in total. The average molecular weight is 242 g/mol. The molecule has 16 heavy (non-hydrogen) atoms. The van der Waals surface area contributed by atoms with Crippen molar-refractivity contribution in [1.82, 2.24) is 5.43 Å². The topological polar surface area (TPSA) is 68.3 Å². The number of amides is 1. The van der Waals surface area contributed by atoms with E-state index in [-0.39, 0.29) is 5.91 Å². The maximum absolute atomic E-state index is 11.2. The summed E-state index contributed by atoms with van der Waals surface area (Å²) < 4.78 is 5.27. The van der Waals surface area contributed by atoms with Crippen molar-refractivity contribution in [3.05, 3.63) is 23.7 Å². The van der Waals surface area contributed by atoms with Gasteiger partial charge in [-0.2, -0.15) is 11.8 Å². The van der Waals surface area contributed by atoms with E-state index in [4.69, 9.17) is 10.3 Å². The van der Waals surface area contributed by atoms with Crippen molar-refractivity contribution in [1.29, 1.82) is 0 Å². The van der Waals surface area contributed by atoms with Gasteiger partial charge in [0.15, 0.2) is 0 Å². The van der Waals surface area contributed by atoms with Gasteiger partial charge in [-0.15, -0.1) is 0 Å². The largest absolute Gasteiger partial charge is 0.468 e. The number of thioether (sulfide) groups is 1. The van der Waals surface area contributed by atoms with Gasteiger partial charge in [0.1, 0.15) is 12.0 Å². The normalized spacial score (nSPS) is 12.4. The molecule has 5 heteroatoms. The fraction of sp³-hybridized carbons (Fsp3) is 0.545. The number of nitrogens with two attached hydrogens (primary N) is 1. The van der Waals surface area contributed by atoms with Crippen LogP contribution in [-0.4, -0.2) is 11.7 Å². The van der Waals surface area contributed by atoms with Gasteiger partial charge >= 0.3 is 0 Å². The molecule has 0 aromatic carbocycles. The van der Waals surface area contributed by atoms with Crippen molar-refractivity contribution in [2.75, 3.05) is 5.75 Å². The van der Waals surface area contributed by atoms with Crippen molar-refractivity contribution >= 4 is 17.7 Å². The molecule has 1 heterocycles. The summed E-state index contributed by atoms with van der Waals surface area (Å²) in [5, 5.41) is 0. The number of carbonyl (C=O) groups excluding carboxylic acids is 1. The van der Waals surface area contributed by atoms with E-state index in [1.165, 1.54) is 12.7 Å². The number of nitrogen functional groups attached to an aromatic ring is 1. The SMILES string of the molecule is CCC(C)CSCc1cc(C(=O)NN)co1. The van der Waals surface area contributed by atoms with Crippen LogP contribution in [0.5, 0.6) is 0 Å². The molecule has 1 aromatic rings. The van der Waals surface area contributed by atoms with Gasteiger partial charge in [0, 0.05) is 0 Å². The van der Waals surface area contributed by atoms with Crippen molar-refractivity contribution in [3.63, 3.8) is 0 Å². The summed E-state index contributed by atoms with van der Waals surface area (Å²) in [6.07, 6.45) is 2.62. The predicted molar refractivity (Wildman–Crippen MR) is 66.0 cm³/mol. The molecule has 0 radical (unpaired) electrons. The highest BCUT2D eigenvalue weighted by Crippen LogP contribution is 2.18. The maximum Gasteiger partial charge on any atom is 0.268 e. The number of hydrogen-bond acceptors (Lipinski definition) is 4. The smallest absolute Gasteiger partial charge is 0.268 e. The number of furan rings is 1. The molecule has 0 bridgehead atoms. The van der Waals surface area contributed by atoms with E-state index < -0.39 is 0 Å². The Morgan fingerprint density at radius 3 is 3.06 bits per heavy atom. The molecule has 0 fully saturated rings. The summed E-state index contributed by atoms with van der Waals surface area (Å²) in [6, 6.07) is 1.73. The fourth-order valence-electron chi connectivity index (χ4n) is 1.14. The lowest BCUT2D eigenvalue weighted by Crippen LogP contribution is -2.29. The Hall–Kier alpha value is -0.940. The molecule has 1 atom stereocenters. The average Bonchev–Trinajstić information content (AvgIpc) is 2.76. The van der Waals surface area contributed by atoms with Gasteiger partial charge in [-0.3, -0.25) is 10.2 Å². The molecule has 4 nitrogen and oxygen atoms in total. The Bertz CT molecular complexity index is 338. The first kappa shape index (κ1) is 13.1. The Morgan fingerprint density at radius 2 is 2.44 bits per heavy atom. The molecule has 1 amide bonds. The molecule has 1 aromatic heterocycles. The highest BCUT2D eigenvalue weighted by Gasteiger charge is 2.08. The summed E-state index contributed by atoms with van der Waals surface area (Å²) in [7, 11) is 0. The zero-order chi connectivity index (χ0) is 12.0. The van der Waals surface area contributed by atoms with Gasteiger partial charge in [0.2, 0.25) is 0 Å². The summed E-state index contributed by atoms with van der Waals surface area (Å²) in [5.41, 5.74) is 2.55. The molecule has 0 saturated carbocycles. The van der Waals surface area contributed by atoms with Gasteiger partial charge < -0.3 is 4.42 Å². The standard InChI is InChI=1S/C11H18N2O2S/c1-3-8(2)6-16-7-10-4-9(5-15-10)11(14)13-12/h4-5,8H,3,6-7,12H2,1-2H3,(H,13,14). The van der Waals surface area contributed by atoms with Crippen LogP contribution in [0, 0.1) is 5.92 Å². The Labute approximate surface area is 99.9 Å². The van der Waals surface area contributed by atoms with E-state index in [1.54, 1.807) is 6.07 Å². The van der Waals surface area contributed by atoms with Gasteiger partial charge in [-0.25, -0.2) is 5.84 Å². The highest BCUT2D eigenvalue weighted by molar-refractivity contribution is 7.98. The van der Waals surface area contributed by atoms with Crippen LogP contribution < -0.4 is 11.3 Å². The highest BCUT2D eigenvalue weighted by atomic mass is 32.2. The van der Waals surface area contributed by atoms with Crippen molar-refractivity contribution in [2.45, 2.75) is 26.0 Å². The predicted octanol–water partition coefficient (Wildman–Crippen LogP) is 2.16. The first-order valence-corrected chi connectivity index (χ1v) is 6.49. The first-order valence-electron chi connectivity index (χ1n) is 5.33. The van der Waals surface area contributed by atoms with Crippen molar-refractivity contribution in [3.8, 4) is 0 Å². The Morgan fingerprint density at radius 1 is 1.69 bits per heavy atom. The van der Waals surface area contributed by atoms with Crippen molar-refractivity contribution < 1.29 is 9.21 Å². The van der Waals surface area contributed by atoms with Crippen LogP contribution in [0.2, 0.25) is 0 Å². The minimum Gasteiger partial charge on any atom is -0.468 e. The zero-order valence-electron chi connectivity index (χ0n) is 9.66. The second-order valence-corrected chi connectivity index (χ2v) is 4.83. The van der Waals surface area contributed by atoms with Crippen LogP contribution in [0.25, 0.3) is 0 Å². The van der Waals surface area contributed by atoms with E-state index in [0.717, 1.165) is 17.3 Å². The second-order valence-electron chi connectivity index (χ2n) is 3.80. The van der Waals surface area contributed by atoms with E-state index in [9.17, 15) is 4.79 Å². The minimum atomic E-state index is -0.318. The number of hydrogen-bond donors (Lipinski definition) is 2. The third-order valence-corrected chi connectivity index (χ3v) is 3.68. The molecular weight excluding hydrogens is 224 g/mol. The number of carbonyl (C=O) groups is 1. The summed E-state index contributed by atoms with van der Waals surface area (Å²) in [6.45, 7) is 4.41. The molecule has 0 saturated heterocycles. The van der Waals surface area contributed by atoms with E-state index in [0.29, 0.717) is 11.5 Å². The van der Waals surface area contributed by atoms with Crippen LogP contribution in [0.4, 0.5) is 0 Å². The summed E-state index contributed by atoms with van der Waals surface area (Å²) in [5.74, 6) is 8.13. The van der Waals surface area contributed by atoms with Crippen LogP contribution in [0.1, 0.15) is 36.4 Å². The number of nitrogens with one attached hydrogen (secondary N) is 1. The lowest BCUT2D eigenvalue weighted by atomic mass is 10.2. The first-order chi connectivity index (χ1) is 7.67. The van der Waals surface area contributed by atoms with Crippen LogP contribution in [-0.2, 0) is 5.75 Å². The molecule has 0 aliphatic carbocycles. The van der Waals surface area contributed by atoms with Crippen LogP contribution >= 0.6 is 11.8 Å². The Kier molecular flexibility index (Phi) is 5.42. The molecule has 1 rings (SSSR count). The number of rotatable bonds is 6. The molecule has 90 valence electrons. The molecule has 0 aliphatic heterocycles. The van der Waals surface area contributed by atoms with Crippen LogP contribution in [0.3, 0.4) is 0 Å². The molecule has 0 spiro atoms. The number of hydrazine groups is 1. The lowest BCUT2D eigenvalue weighted by molar-refractivity contribution is 0.0953. The monoisotopic (exact) mass is 242 g/mol. The third kappa shape index (κ3) is 3.90.